The Labute approximate surface area is 114 Å². The molecule has 0 fully saturated rings. The van der Waals surface area contributed by atoms with E-state index in [0.717, 1.165) is 0 Å². The molecule has 1 N–H and O–H groups in total. The predicted molar refractivity (Wildman–Crippen MR) is 67.3 cm³/mol. The molecule has 106 valence electrons. The molecule has 1 aromatic carbocycles. The summed E-state index contributed by atoms with van der Waals surface area (Å²) in [6, 6.07) is 5.93. The molecule has 0 spiro atoms. The highest BCUT2D eigenvalue weighted by molar-refractivity contribution is 5.86. The highest BCUT2D eigenvalue weighted by Crippen LogP contribution is 2.18. The van der Waals surface area contributed by atoms with Crippen LogP contribution < -0.4 is 0 Å². The zero-order valence-electron chi connectivity index (χ0n) is 10.9. The third-order valence-corrected chi connectivity index (χ3v) is 2.65. The molecule has 1 unspecified atom stereocenters. The molecule has 1 aromatic heterocycles. The average molecular weight is 279 g/mol. The molecular formula is C13H14FN3O3. The molecule has 0 saturated carbocycles. The number of aliphatic hydroxyl groups is 1. The van der Waals surface area contributed by atoms with Gasteiger partial charge in [0.05, 0.1) is 19.3 Å². The van der Waals surface area contributed by atoms with Crippen molar-refractivity contribution in [3.8, 4) is 0 Å². The summed E-state index contributed by atoms with van der Waals surface area (Å²) in [4.78, 5) is 11.4. The van der Waals surface area contributed by atoms with Crippen LogP contribution in [0.4, 0.5) is 4.39 Å². The number of nitrogens with zero attached hydrogens (tertiary/aromatic N) is 3. The van der Waals surface area contributed by atoms with Gasteiger partial charge in [-0.25, -0.2) is 13.9 Å². The van der Waals surface area contributed by atoms with E-state index >= 15 is 0 Å². The van der Waals surface area contributed by atoms with E-state index in [2.05, 4.69) is 10.3 Å². The van der Waals surface area contributed by atoms with Crippen LogP contribution in [0.1, 0.15) is 29.1 Å². The van der Waals surface area contributed by atoms with E-state index in [4.69, 9.17) is 4.74 Å². The standard InChI is InChI=1S/C13H14FN3O3/c1-2-20-13(19)11-7-17(16-15-11)8-12(18)9-5-3-4-6-10(9)14/h3-7,12,18H,2,8H2,1H3. The summed E-state index contributed by atoms with van der Waals surface area (Å²) < 4.78 is 19.5. The number of hydrogen-bond acceptors (Lipinski definition) is 5. The van der Waals surface area contributed by atoms with Gasteiger partial charge in [-0.3, -0.25) is 0 Å². The Hall–Kier alpha value is -2.28. The van der Waals surface area contributed by atoms with Crippen molar-refractivity contribution in [1.82, 2.24) is 15.0 Å². The lowest BCUT2D eigenvalue weighted by atomic mass is 10.1. The van der Waals surface area contributed by atoms with Crippen molar-refractivity contribution in [2.24, 2.45) is 0 Å². The number of rotatable bonds is 5. The number of esters is 1. The van der Waals surface area contributed by atoms with Crippen LogP contribution in [0.2, 0.25) is 0 Å². The molecule has 7 heteroatoms. The summed E-state index contributed by atoms with van der Waals surface area (Å²) in [5, 5.41) is 17.3. The van der Waals surface area contributed by atoms with Crippen LogP contribution in [0.3, 0.4) is 0 Å². The van der Waals surface area contributed by atoms with Crippen molar-refractivity contribution in [2.75, 3.05) is 6.61 Å². The first-order chi connectivity index (χ1) is 9.61. The lowest BCUT2D eigenvalue weighted by Gasteiger charge is -2.11. The maximum Gasteiger partial charge on any atom is 0.360 e. The van der Waals surface area contributed by atoms with E-state index in [9.17, 15) is 14.3 Å². The molecule has 0 bridgehead atoms. The highest BCUT2D eigenvalue weighted by Gasteiger charge is 2.16. The average Bonchev–Trinajstić information content (AvgIpc) is 2.88. The van der Waals surface area contributed by atoms with E-state index in [1.165, 1.54) is 23.0 Å². The van der Waals surface area contributed by atoms with Crippen molar-refractivity contribution in [2.45, 2.75) is 19.6 Å². The number of hydrogen-bond donors (Lipinski definition) is 1. The van der Waals surface area contributed by atoms with E-state index in [0.29, 0.717) is 0 Å². The van der Waals surface area contributed by atoms with Gasteiger partial charge in [-0.05, 0) is 13.0 Å². The monoisotopic (exact) mass is 279 g/mol. The van der Waals surface area contributed by atoms with Crippen molar-refractivity contribution in [3.05, 3.63) is 47.5 Å². The Balaban J connectivity index is 2.07. The molecule has 20 heavy (non-hydrogen) atoms. The number of benzene rings is 1. The van der Waals surface area contributed by atoms with Gasteiger partial charge in [0.1, 0.15) is 11.9 Å². The minimum atomic E-state index is -1.08. The van der Waals surface area contributed by atoms with Crippen LogP contribution in [0.15, 0.2) is 30.5 Å². The second-order valence-corrected chi connectivity index (χ2v) is 4.08. The Morgan fingerprint density at radius 2 is 2.25 bits per heavy atom. The van der Waals surface area contributed by atoms with Crippen LogP contribution >= 0.6 is 0 Å². The Kier molecular flexibility index (Phi) is 4.41. The van der Waals surface area contributed by atoms with Crippen LogP contribution in [-0.2, 0) is 11.3 Å². The van der Waals surface area contributed by atoms with Gasteiger partial charge in [0, 0.05) is 5.56 Å². The largest absolute Gasteiger partial charge is 0.461 e. The second kappa shape index (κ2) is 6.25. The van der Waals surface area contributed by atoms with E-state index < -0.39 is 17.9 Å². The van der Waals surface area contributed by atoms with E-state index in [1.807, 2.05) is 0 Å². The zero-order valence-corrected chi connectivity index (χ0v) is 10.9. The van der Waals surface area contributed by atoms with Gasteiger partial charge < -0.3 is 9.84 Å². The minimum absolute atomic E-state index is 0.00661. The van der Waals surface area contributed by atoms with Gasteiger partial charge >= 0.3 is 5.97 Å². The third kappa shape index (κ3) is 3.18. The second-order valence-electron chi connectivity index (χ2n) is 4.08. The molecule has 0 aliphatic heterocycles. The fraction of sp³-hybridized carbons (Fsp3) is 0.308. The summed E-state index contributed by atoms with van der Waals surface area (Å²) in [6.45, 7) is 1.92. The Morgan fingerprint density at radius 3 is 2.95 bits per heavy atom. The van der Waals surface area contributed by atoms with Crippen LogP contribution in [0, 0.1) is 5.82 Å². The summed E-state index contributed by atoms with van der Waals surface area (Å²) in [5.74, 6) is -1.08. The van der Waals surface area contributed by atoms with Gasteiger partial charge in [0.25, 0.3) is 0 Å². The van der Waals surface area contributed by atoms with Gasteiger partial charge in [0.2, 0.25) is 0 Å². The zero-order chi connectivity index (χ0) is 14.5. The fourth-order valence-electron chi connectivity index (χ4n) is 1.71. The molecule has 0 radical (unpaired) electrons. The summed E-state index contributed by atoms with van der Waals surface area (Å²) in [5.41, 5.74) is 0.216. The van der Waals surface area contributed by atoms with Crippen LogP contribution in [0.25, 0.3) is 0 Å². The van der Waals surface area contributed by atoms with Crippen molar-refractivity contribution < 1.29 is 19.0 Å². The van der Waals surface area contributed by atoms with Crippen molar-refractivity contribution in [1.29, 1.82) is 0 Å². The quantitative estimate of drug-likeness (QED) is 0.835. The molecule has 2 rings (SSSR count). The predicted octanol–water partition coefficient (Wildman–Crippen LogP) is 1.33. The Morgan fingerprint density at radius 1 is 1.50 bits per heavy atom. The van der Waals surface area contributed by atoms with Gasteiger partial charge in [0.15, 0.2) is 5.69 Å². The first-order valence-corrected chi connectivity index (χ1v) is 6.11. The Bertz CT molecular complexity index is 600. The first-order valence-electron chi connectivity index (χ1n) is 6.11. The van der Waals surface area contributed by atoms with Crippen molar-refractivity contribution in [3.63, 3.8) is 0 Å². The smallest absolute Gasteiger partial charge is 0.360 e. The van der Waals surface area contributed by atoms with E-state index in [1.54, 1.807) is 19.1 Å². The summed E-state index contributed by atoms with van der Waals surface area (Å²) in [7, 11) is 0. The highest BCUT2D eigenvalue weighted by atomic mass is 19.1. The molecule has 0 aliphatic rings. The van der Waals surface area contributed by atoms with Gasteiger partial charge in [-0.1, -0.05) is 23.4 Å². The third-order valence-electron chi connectivity index (χ3n) is 2.65. The molecule has 0 amide bonds. The fourth-order valence-corrected chi connectivity index (χ4v) is 1.71. The lowest BCUT2D eigenvalue weighted by molar-refractivity contribution is 0.0519. The summed E-state index contributed by atoms with van der Waals surface area (Å²) in [6.07, 6.45) is 0.273. The number of carbonyl (C=O) groups is 1. The van der Waals surface area contributed by atoms with Gasteiger partial charge in [-0.15, -0.1) is 5.10 Å². The number of ether oxygens (including phenoxy) is 1. The molecule has 0 saturated heterocycles. The normalized spacial score (nSPS) is 12.2. The number of carbonyl (C=O) groups excluding carboxylic acids is 1. The number of aromatic nitrogens is 3. The van der Waals surface area contributed by atoms with Crippen molar-refractivity contribution >= 4 is 5.97 Å². The first kappa shape index (κ1) is 14.1. The molecule has 0 aliphatic carbocycles. The maximum absolute atomic E-state index is 13.5. The molecule has 1 heterocycles. The van der Waals surface area contributed by atoms with E-state index in [-0.39, 0.29) is 24.4 Å². The lowest BCUT2D eigenvalue weighted by Crippen LogP contribution is -2.11. The minimum Gasteiger partial charge on any atom is -0.461 e. The van der Waals surface area contributed by atoms with Crippen LogP contribution in [-0.4, -0.2) is 32.7 Å². The van der Waals surface area contributed by atoms with Gasteiger partial charge in [-0.2, -0.15) is 0 Å². The topological polar surface area (TPSA) is 77.2 Å². The molecular weight excluding hydrogens is 265 g/mol. The maximum atomic E-state index is 13.5. The molecule has 1 atom stereocenters. The molecule has 2 aromatic rings. The number of halogens is 1. The van der Waals surface area contributed by atoms with Crippen LogP contribution in [0.5, 0.6) is 0 Å². The molecule has 6 nitrogen and oxygen atoms in total. The SMILES string of the molecule is CCOC(=O)c1cn(CC(O)c2ccccc2F)nn1. The summed E-state index contributed by atoms with van der Waals surface area (Å²) >= 11 is 0. The number of aliphatic hydroxyl groups excluding tert-OH is 1.